The smallest absolute Gasteiger partial charge is 0.407 e. The van der Waals surface area contributed by atoms with Crippen molar-refractivity contribution in [2.24, 2.45) is 5.41 Å². The van der Waals surface area contributed by atoms with Crippen molar-refractivity contribution in [1.82, 2.24) is 10.2 Å². The van der Waals surface area contributed by atoms with E-state index in [1.54, 1.807) is 6.92 Å². The first-order valence-corrected chi connectivity index (χ1v) is 11.8. The lowest BCUT2D eigenvalue weighted by atomic mass is 9.84. The fraction of sp³-hybridized carbons (Fsp3) is 0.444. The van der Waals surface area contributed by atoms with E-state index in [9.17, 15) is 19.5 Å². The van der Waals surface area contributed by atoms with Crippen molar-refractivity contribution in [1.29, 1.82) is 0 Å². The van der Waals surface area contributed by atoms with Crippen LogP contribution in [0.15, 0.2) is 48.5 Å². The number of carboxylic acid groups (broad SMARTS) is 1. The Morgan fingerprint density at radius 2 is 1.66 bits per heavy atom. The first-order valence-electron chi connectivity index (χ1n) is 11.8. The molecule has 1 fully saturated rings. The minimum Gasteiger partial charge on any atom is -0.480 e. The molecule has 3 atom stereocenters. The number of aliphatic carboxylic acids is 1. The Labute approximate surface area is 205 Å². The number of nitrogens with one attached hydrogen (secondary N) is 1. The molecule has 1 aliphatic carbocycles. The van der Waals surface area contributed by atoms with Crippen LogP contribution < -0.4 is 5.32 Å². The van der Waals surface area contributed by atoms with Crippen molar-refractivity contribution in [3.63, 3.8) is 0 Å². The van der Waals surface area contributed by atoms with E-state index in [2.05, 4.69) is 17.4 Å². The molecule has 8 heteroatoms. The number of hydrogen-bond donors (Lipinski definition) is 2. The van der Waals surface area contributed by atoms with E-state index in [0.29, 0.717) is 13.0 Å². The van der Waals surface area contributed by atoms with Gasteiger partial charge in [-0.1, -0.05) is 62.4 Å². The molecule has 2 amide bonds. The highest BCUT2D eigenvalue weighted by Crippen LogP contribution is 2.44. The predicted molar refractivity (Wildman–Crippen MR) is 130 cm³/mol. The molecule has 0 saturated carbocycles. The van der Waals surface area contributed by atoms with Gasteiger partial charge < -0.3 is 24.8 Å². The van der Waals surface area contributed by atoms with Gasteiger partial charge in [0.1, 0.15) is 18.7 Å². The fourth-order valence-corrected chi connectivity index (χ4v) is 5.26. The van der Waals surface area contributed by atoms with E-state index >= 15 is 0 Å². The summed E-state index contributed by atoms with van der Waals surface area (Å²) in [6.07, 6.45) is -0.880. The summed E-state index contributed by atoms with van der Waals surface area (Å²) in [7, 11) is 1.44. The topological polar surface area (TPSA) is 105 Å². The second-order valence-electron chi connectivity index (χ2n) is 9.90. The zero-order chi connectivity index (χ0) is 25.3. The molecule has 0 bridgehead atoms. The number of carboxylic acids is 1. The van der Waals surface area contributed by atoms with E-state index < -0.39 is 41.6 Å². The van der Waals surface area contributed by atoms with Crippen LogP contribution >= 0.6 is 0 Å². The Hall–Kier alpha value is -3.39. The predicted octanol–water partition coefficient (Wildman–Crippen LogP) is 3.64. The average Bonchev–Trinajstić information content (AvgIpc) is 3.34. The quantitative estimate of drug-likeness (QED) is 0.627. The molecule has 2 aliphatic rings. The number of carbonyl (C=O) groups excluding carboxylic acids is 2. The number of ether oxygens (including phenoxy) is 2. The Morgan fingerprint density at radius 3 is 2.20 bits per heavy atom. The molecule has 2 aromatic carbocycles. The van der Waals surface area contributed by atoms with Crippen LogP contribution in [0.5, 0.6) is 0 Å². The number of nitrogens with zero attached hydrogens (tertiary/aromatic N) is 1. The molecule has 2 N–H and O–H groups in total. The number of alkyl carbamates (subject to hydrolysis) is 1. The maximum atomic E-state index is 13.4. The summed E-state index contributed by atoms with van der Waals surface area (Å²) in [5, 5.41) is 12.4. The normalized spacial score (nSPS) is 20.0. The Balaban J connectivity index is 1.48. The molecule has 3 unspecified atom stereocenters. The van der Waals surface area contributed by atoms with Crippen LogP contribution in [0.4, 0.5) is 4.79 Å². The van der Waals surface area contributed by atoms with Crippen molar-refractivity contribution in [2.75, 3.05) is 20.3 Å². The lowest BCUT2D eigenvalue weighted by Gasteiger charge is -2.33. The molecule has 1 saturated heterocycles. The van der Waals surface area contributed by atoms with Crippen LogP contribution in [0, 0.1) is 5.41 Å². The lowest BCUT2D eigenvalue weighted by Crippen LogP contribution is -2.57. The van der Waals surface area contributed by atoms with Gasteiger partial charge in [0.15, 0.2) is 0 Å². The molecule has 0 spiro atoms. The monoisotopic (exact) mass is 480 g/mol. The second-order valence-corrected chi connectivity index (χ2v) is 9.90. The number of carbonyl (C=O) groups is 3. The molecule has 1 heterocycles. The van der Waals surface area contributed by atoms with E-state index in [1.165, 1.54) is 12.0 Å². The molecule has 0 radical (unpaired) electrons. The number of amides is 2. The standard InChI is InChI=1S/C27H32N2O6/c1-16(34-4)22(24(30)29-14-13-27(2,3)23(29)25(31)32)28-26(33)35-15-21-19-11-7-5-9-17(19)18-10-6-8-12-20(18)21/h5-12,16,21-23H,13-15H2,1-4H3,(H,28,33)(H,31,32). The minimum atomic E-state index is -1.08. The van der Waals surface area contributed by atoms with Gasteiger partial charge in [0.05, 0.1) is 6.10 Å². The van der Waals surface area contributed by atoms with Gasteiger partial charge >= 0.3 is 12.1 Å². The summed E-state index contributed by atoms with van der Waals surface area (Å²) in [6, 6.07) is 14.0. The molecular weight excluding hydrogens is 448 g/mol. The lowest BCUT2D eigenvalue weighted by molar-refractivity contribution is -0.153. The molecule has 2 aromatic rings. The molecule has 1 aliphatic heterocycles. The van der Waals surface area contributed by atoms with Crippen molar-refractivity contribution in [3.05, 3.63) is 59.7 Å². The highest BCUT2D eigenvalue weighted by atomic mass is 16.5. The van der Waals surface area contributed by atoms with Crippen LogP contribution in [0.1, 0.15) is 44.2 Å². The number of methoxy groups -OCH3 is 1. The van der Waals surface area contributed by atoms with Gasteiger partial charge in [0.2, 0.25) is 5.91 Å². The number of fused-ring (bicyclic) bond motifs is 3. The summed E-state index contributed by atoms with van der Waals surface area (Å²) >= 11 is 0. The van der Waals surface area contributed by atoms with Gasteiger partial charge in [-0.2, -0.15) is 0 Å². The molecule has 186 valence electrons. The van der Waals surface area contributed by atoms with E-state index in [4.69, 9.17) is 9.47 Å². The summed E-state index contributed by atoms with van der Waals surface area (Å²) < 4.78 is 10.9. The second kappa shape index (κ2) is 9.70. The first-order chi connectivity index (χ1) is 16.7. The maximum absolute atomic E-state index is 13.4. The van der Waals surface area contributed by atoms with Crippen LogP contribution in [0.25, 0.3) is 11.1 Å². The Bertz CT molecular complexity index is 1080. The van der Waals surface area contributed by atoms with Crippen LogP contribution in [-0.2, 0) is 19.1 Å². The number of benzene rings is 2. The van der Waals surface area contributed by atoms with Gasteiger partial charge in [0, 0.05) is 19.6 Å². The average molecular weight is 481 g/mol. The fourth-order valence-electron chi connectivity index (χ4n) is 5.26. The summed E-state index contributed by atoms with van der Waals surface area (Å²) in [4.78, 5) is 39.5. The number of likely N-dealkylation sites (tertiary alicyclic amines) is 1. The molecule has 0 aromatic heterocycles. The van der Waals surface area contributed by atoms with E-state index in [-0.39, 0.29) is 12.5 Å². The Morgan fingerprint density at radius 1 is 1.09 bits per heavy atom. The van der Waals surface area contributed by atoms with E-state index in [0.717, 1.165) is 22.3 Å². The third-order valence-corrected chi connectivity index (χ3v) is 7.29. The molecule has 35 heavy (non-hydrogen) atoms. The summed E-state index contributed by atoms with van der Waals surface area (Å²) in [5.74, 6) is -1.67. The van der Waals surface area contributed by atoms with Crippen LogP contribution in [0.3, 0.4) is 0 Å². The van der Waals surface area contributed by atoms with E-state index in [1.807, 2.05) is 50.2 Å². The molecule has 4 rings (SSSR count). The SMILES string of the molecule is COC(C)C(NC(=O)OCC1c2ccccc2-c2ccccc21)C(=O)N1CCC(C)(C)C1C(=O)O. The Kier molecular flexibility index (Phi) is 6.85. The van der Waals surface area contributed by atoms with Gasteiger partial charge in [-0.3, -0.25) is 4.79 Å². The zero-order valence-electron chi connectivity index (χ0n) is 20.5. The third-order valence-electron chi connectivity index (χ3n) is 7.29. The number of hydrogen-bond acceptors (Lipinski definition) is 5. The highest BCUT2D eigenvalue weighted by Gasteiger charge is 2.49. The van der Waals surface area contributed by atoms with Crippen molar-refractivity contribution in [2.45, 2.75) is 51.3 Å². The zero-order valence-corrected chi connectivity index (χ0v) is 20.5. The maximum Gasteiger partial charge on any atom is 0.407 e. The third kappa shape index (κ3) is 4.62. The van der Waals surface area contributed by atoms with Crippen molar-refractivity contribution < 1.29 is 29.0 Å². The largest absolute Gasteiger partial charge is 0.480 e. The highest BCUT2D eigenvalue weighted by molar-refractivity contribution is 5.90. The van der Waals surface area contributed by atoms with Gasteiger partial charge in [-0.05, 0) is 41.0 Å². The minimum absolute atomic E-state index is 0.108. The van der Waals surface area contributed by atoms with Crippen LogP contribution in [0.2, 0.25) is 0 Å². The van der Waals surface area contributed by atoms with Crippen molar-refractivity contribution in [3.8, 4) is 11.1 Å². The van der Waals surface area contributed by atoms with Crippen molar-refractivity contribution >= 4 is 18.0 Å². The van der Waals surface area contributed by atoms with Gasteiger partial charge in [0.25, 0.3) is 0 Å². The van der Waals surface area contributed by atoms with Crippen LogP contribution in [-0.4, -0.2) is 66.4 Å². The summed E-state index contributed by atoms with van der Waals surface area (Å²) in [5.41, 5.74) is 3.83. The molecular formula is C27H32N2O6. The van der Waals surface area contributed by atoms with Gasteiger partial charge in [-0.25, -0.2) is 9.59 Å². The first kappa shape index (κ1) is 24.7. The van der Waals surface area contributed by atoms with Gasteiger partial charge in [-0.15, -0.1) is 0 Å². The molecule has 8 nitrogen and oxygen atoms in total. The summed E-state index contributed by atoms with van der Waals surface area (Å²) in [6.45, 7) is 5.71. The number of rotatable bonds is 7.